The molecular weight excluding hydrogens is 86.1 g/mol. The molecular formula is C6H21N. The van der Waals surface area contributed by atoms with Gasteiger partial charge in [-0.2, -0.15) is 0 Å². The Bertz CT molecular complexity index is 8.49. The molecule has 50 valence electrons. The first-order valence-electron chi connectivity index (χ1n) is 3.12. The van der Waals surface area contributed by atoms with Gasteiger partial charge in [0.15, 0.2) is 0 Å². The lowest BCUT2D eigenvalue weighted by molar-refractivity contribution is 1.14. The summed E-state index contributed by atoms with van der Waals surface area (Å²) >= 11 is 0. The van der Waals surface area contributed by atoms with Crippen molar-refractivity contribution in [2.24, 2.45) is 5.73 Å². The van der Waals surface area contributed by atoms with E-state index in [1.165, 1.54) is 0 Å². The van der Waals surface area contributed by atoms with E-state index < -0.39 is 0 Å². The van der Waals surface area contributed by atoms with Crippen LogP contribution in [0.25, 0.3) is 0 Å². The van der Waals surface area contributed by atoms with Crippen molar-refractivity contribution in [3.63, 3.8) is 0 Å². The Hall–Kier alpha value is -0.0400. The second-order valence-corrected chi connectivity index (χ2v) is 0.408. The fourth-order valence-electron chi connectivity index (χ4n) is 0. The minimum Gasteiger partial charge on any atom is -0.331 e. The molecule has 0 amide bonds. The van der Waals surface area contributed by atoms with Crippen LogP contribution in [0.4, 0.5) is 0 Å². The monoisotopic (exact) mass is 107 g/mol. The first-order valence-corrected chi connectivity index (χ1v) is 3.12. The van der Waals surface area contributed by atoms with Crippen LogP contribution >= 0.6 is 0 Å². The Labute approximate surface area is 49.4 Å². The summed E-state index contributed by atoms with van der Waals surface area (Å²) in [6, 6.07) is 0. The normalized spacial score (nSPS) is 4.29. The van der Waals surface area contributed by atoms with E-state index >= 15 is 0 Å². The van der Waals surface area contributed by atoms with Crippen LogP contribution in [0.5, 0.6) is 0 Å². The highest BCUT2D eigenvalue weighted by molar-refractivity contribution is 4.00. The van der Waals surface area contributed by atoms with E-state index in [0.29, 0.717) is 0 Å². The summed E-state index contributed by atoms with van der Waals surface area (Å²) < 4.78 is 0. The lowest BCUT2D eigenvalue weighted by atomic mass is 10.8. The quantitative estimate of drug-likeness (QED) is 0.505. The van der Waals surface area contributed by atoms with E-state index in [0.717, 1.165) is 6.54 Å². The molecule has 0 aliphatic heterocycles. The highest BCUT2D eigenvalue weighted by atomic mass is 14.5. The van der Waals surface area contributed by atoms with Gasteiger partial charge in [0.25, 0.3) is 0 Å². The molecule has 0 rings (SSSR count). The number of nitrogens with two attached hydrogens (primary N) is 1. The van der Waals surface area contributed by atoms with Crippen LogP contribution in [-0.4, -0.2) is 6.54 Å². The highest BCUT2D eigenvalue weighted by Gasteiger charge is 1.32. The summed E-state index contributed by atoms with van der Waals surface area (Å²) in [5.41, 5.74) is 4.85. The van der Waals surface area contributed by atoms with Crippen LogP contribution in [0.3, 0.4) is 0 Å². The van der Waals surface area contributed by atoms with Crippen molar-refractivity contribution in [1.82, 2.24) is 0 Å². The summed E-state index contributed by atoms with van der Waals surface area (Å²) in [6.07, 6.45) is 0. The zero-order valence-corrected chi connectivity index (χ0v) is 6.28. The topological polar surface area (TPSA) is 26.0 Å². The maximum absolute atomic E-state index is 4.85. The van der Waals surface area contributed by atoms with Gasteiger partial charge in [-0.1, -0.05) is 34.6 Å². The third-order valence-electron chi connectivity index (χ3n) is 0. The van der Waals surface area contributed by atoms with Gasteiger partial charge in [-0.15, -0.1) is 0 Å². The van der Waals surface area contributed by atoms with Crippen molar-refractivity contribution in [1.29, 1.82) is 0 Å². The maximum atomic E-state index is 4.85. The third kappa shape index (κ3) is 58400. The minimum absolute atomic E-state index is 0. The van der Waals surface area contributed by atoms with Gasteiger partial charge >= 0.3 is 0 Å². The summed E-state index contributed by atoms with van der Waals surface area (Å²) in [5.74, 6) is 0. The zero-order chi connectivity index (χ0) is 6.71. The molecule has 7 heavy (non-hydrogen) atoms. The zero-order valence-electron chi connectivity index (χ0n) is 6.28. The van der Waals surface area contributed by atoms with Crippen molar-refractivity contribution >= 4 is 0 Å². The predicted molar refractivity (Wildman–Crippen MR) is 39.5 cm³/mol. The Morgan fingerprint density at radius 3 is 1.14 bits per heavy atom. The van der Waals surface area contributed by atoms with Gasteiger partial charge < -0.3 is 5.73 Å². The minimum atomic E-state index is 0. The van der Waals surface area contributed by atoms with E-state index in [9.17, 15) is 0 Å². The lowest BCUT2D eigenvalue weighted by Crippen LogP contribution is -1.87. The SMILES string of the molecule is CC.CC.CCN.[HH]. The molecule has 0 spiro atoms. The number of rotatable bonds is 0. The molecule has 0 radical (unpaired) electrons. The van der Waals surface area contributed by atoms with Crippen LogP contribution in [-0.2, 0) is 0 Å². The Kier molecular flexibility index (Phi) is 358. The highest BCUT2D eigenvalue weighted by Crippen LogP contribution is 1.20. The number of hydrogen-bond donors (Lipinski definition) is 1. The van der Waals surface area contributed by atoms with Gasteiger partial charge in [0, 0.05) is 1.43 Å². The van der Waals surface area contributed by atoms with Crippen molar-refractivity contribution in [3.8, 4) is 0 Å². The standard InChI is InChI=1S/C2H7N.2C2H6.H2/c1-2-3;2*1-2;/h2-3H2,1H3;2*1-2H3;1H. The summed E-state index contributed by atoms with van der Waals surface area (Å²) in [6.45, 7) is 10.7. The van der Waals surface area contributed by atoms with Gasteiger partial charge in [0.2, 0.25) is 0 Å². The second-order valence-electron chi connectivity index (χ2n) is 0.408. The van der Waals surface area contributed by atoms with E-state index in [2.05, 4.69) is 0 Å². The van der Waals surface area contributed by atoms with Crippen LogP contribution in [0.1, 0.15) is 36.0 Å². The van der Waals surface area contributed by atoms with Gasteiger partial charge in [-0.3, -0.25) is 0 Å². The van der Waals surface area contributed by atoms with Gasteiger partial charge in [-0.05, 0) is 6.54 Å². The smallest absolute Gasteiger partial charge is 0 e. The van der Waals surface area contributed by atoms with E-state index in [1.807, 2.05) is 34.6 Å². The lowest BCUT2D eigenvalue weighted by Gasteiger charge is -1.53. The molecule has 1 nitrogen and oxygen atoms in total. The van der Waals surface area contributed by atoms with Gasteiger partial charge in [-0.25, -0.2) is 0 Å². The molecule has 0 fully saturated rings. The maximum Gasteiger partial charge on any atom is 0 e. The molecule has 0 aliphatic rings. The predicted octanol–water partition coefficient (Wildman–Crippen LogP) is 2.26. The average Bonchev–Trinajstić information content (AvgIpc) is 1.78. The van der Waals surface area contributed by atoms with E-state index in [4.69, 9.17) is 5.73 Å². The van der Waals surface area contributed by atoms with Gasteiger partial charge in [0.1, 0.15) is 0 Å². The summed E-state index contributed by atoms with van der Waals surface area (Å²) in [7, 11) is 0. The largest absolute Gasteiger partial charge is 0.331 e. The van der Waals surface area contributed by atoms with Crippen LogP contribution in [0, 0.1) is 0 Å². The van der Waals surface area contributed by atoms with Crippen molar-refractivity contribution < 1.29 is 1.43 Å². The molecule has 0 aromatic rings. The molecule has 0 heterocycles. The third-order valence-corrected chi connectivity index (χ3v) is 0. The summed E-state index contributed by atoms with van der Waals surface area (Å²) in [4.78, 5) is 0. The molecule has 0 aromatic carbocycles. The van der Waals surface area contributed by atoms with Crippen LogP contribution in [0.15, 0.2) is 0 Å². The fraction of sp³-hybridized carbons (Fsp3) is 1.00. The average molecular weight is 107 g/mol. The first-order chi connectivity index (χ1) is 3.41. The Balaban J connectivity index is -0.0000000147. The Morgan fingerprint density at radius 1 is 1.14 bits per heavy atom. The molecule has 2 N–H and O–H groups in total. The van der Waals surface area contributed by atoms with E-state index in [-0.39, 0.29) is 1.43 Å². The molecule has 0 aliphatic carbocycles. The Morgan fingerprint density at radius 2 is 1.14 bits per heavy atom. The van der Waals surface area contributed by atoms with Crippen molar-refractivity contribution in [2.45, 2.75) is 34.6 Å². The fourth-order valence-corrected chi connectivity index (χ4v) is 0. The first kappa shape index (κ1) is 15.8. The molecule has 0 aromatic heterocycles. The molecule has 0 saturated carbocycles. The molecule has 0 bridgehead atoms. The van der Waals surface area contributed by atoms with E-state index in [1.54, 1.807) is 0 Å². The summed E-state index contributed by atoms with van der Waals surface area (Å²) in [5, 5.41) is 0. The van der Waals surface area contributed by atoms with Crippen molar-refractivity contribution in [3.05, 3.63) is 0 Å². The molecule has 1 heteroatoms. The molecule has 0 atom stereocenters. The van der Waals surface area contributed by atoms with Gasteiger partial charge in [0.05, 0.1) is 0 Å². The molecule has 0 unspecified atom stereocenters. The van der Waals surface area contributed by atoms with Crippen LogP contribution < -0.4 is 5.73 Å². The number of hydrogen-bond acceptors (Lipinski definition) is 1. The second kappa shape index (κ2) is 159. The van der Waals surface area contributed by atoms with Crippen LogP contribution in [0.2, 0.25) is 0 Å². The van der Waals surface area contributed by atoms with Crippen molar-refractivity contribution in [2.75, 3.05) is 6.54 Å². The molecule has 0 saturated heterocycles.